The number of nitrogens with one attached hydrogen (secondary N) is 3. The number of hydrogen-bond donors (Lipinski definition) is 7. The molecule has 0 spiro atoms. The zero-order chi connectivity index (χ0) is 25.1. The van der Waals surface area contributed by atoms with Gasteiger partial charge in [-0.05, 0) is 31.2 Å². The first-order valence-electron chi connectivity index (χ1n) is 10.7. The Bertz CT molecular complexity index is 805. The van der Waals surface area contributed by atoms with Gasteiger partial charge < -0.3 is 31.9 Å². The van der Waals surface area contributed by atoms with Crippen molar-refractivity contribution in [1.82, 2.24) is 16.0 Å². The molecule has 184 valence electrons. The van der Waals surface area contributed by atoms with E-state index in [1.807, 2.05) is 44.2 Å². The highest BCUT2D eigenvalue weighted by atomic mass is 32.1. The molecular formula is C22H34N4O6S. The highest BCUT2D eigenvalue weighted by molar-refractivity contribution is 7.80. The summed E-state index contributed by atoms with van der Waals surface area (Å²) >= 11 is 4.06. The van der Waals surface area contributed by atoms with Crippen LogP contribution < -0.4 is 21.7 Å². The fourth-order valence-corrected chi connectivity index (χ4v) is 3.31. The summed E-state index contributed by atoms with van der Waals surface area (Å²) in [6.45, 7) is 4.97. The summed E-state index contributed by atoms with van der Waals surface area (Å²) in [6.07, 6.45) is -0.760. The number of thiol groups is 1. The van der Waals surface area contributed by atoms with Crippen molar-refractivity contribution in [3.63, 3.8) is 0 Å². The standard InChI is InChI=1S/C22H34N4O6S/c1-12(2)9-16(24-19(28)15(23)10-14-7-5-4-6-8-14)20(29)25-17(11-33)21(30)26-18(13(3)27)22(31)32/h4-8,12-13,15-18,27,33H,9-11,23H2,1-3H3,(H,24,28)(H,25,29)(H,26,30)(H,31,32). The van der Waals surface area contributed by atoms with Crippen LogP contribution in [0.3, 0.4) is 0 Å². The molecular weight excluding hydrogens is 448 g/mol. The number of carbonyl (C=O) groups excluding carboxylic acids is 3. The highest BCUT2D eigenvalue weighted by Crippen LogP contribution is 2.08. The molecule has 1 aromatic carbocycles. The SMILES string of the molecule is CC(C)CC(NC(=O)C(N)Cc1ccccc1)C(=O)NC(CS)C(=O)NC(C(=O)O)C(C)O. The number of amides is 3. The van der Waals surface area contributed by atoms with E-state index in [1.54, 1.807) is 0 Å². The van der Waals surface area contributed by atoms with E-state index < -0.39 is 54.0 Å². The number of aliphatic hydroxyl groups excluding tert-OH is 1. The molecule has 0 aliphatic rings. The third-order valence-corrected chi connectivity index (χ3v) is 5.20. The molecule has 5 unspecified atom stereocenters. The van der Waals surface area contributed by atoms with Crippen LogP contribution in [0.4, 0.5) is 0 Å². The van der Waals surface area contributed by atoms with Crippen LogP contribution in [-0.2, 0) is 25.6 Å². The molecule has 11 heteroatoms. The number of carboxylic acids is 1. The number of rotatable bonds is 13. The van der Waals surface area contributed by atoms with Crippen LogP contribution in [0.2, 0.25) is 0 Å². The predicted molar refractivity (Wildman–Crippen MR) is 127 cm³/mol. The minimum atomic E-state index is -1.54. The van der Waals surface area contributed by atoms with E-state index in [0.29, 0.717) is 12.8 Å². The highest BCUT2D eigenvalue weighted by Gasteiger charge is 2.31. The Morgan fingerprint density at radius 3 is 1.97 bits per heavy atom. The molecule has 7 N–H and O–H groups in total. The fraction of sp³-hybridized carbons (Fsp3) is 0.545. The Morgan fingerprint density at radius 1 is 0.939 bits per heavy atom. The second kappa shape index (κ2) is 13.8. The van der Waals surface area contributed by atoms with Crippen LogP contribution >= 0.6 is 12.6 Å². The lowest BCUT2D eigenvalue weighted by Gasteiger charge is -2.25. The average Bonchev–Trinajstić information content (AvgIpc) is 2.74. The van der Waals surface area contributed by atoms with Gasteiger partial charge in [0.25, 0.3) is 0 Å². The molecule has 1 rings (SSSR count). The van der Waals surface area contributed by atoms with Gasteiger partial charge in [-0.2, -0.15) is 12.6 Å². The lowest BCUT2D eigenvalue weighted by molar-refractivity contribution is -0.145. The maximum absolute atomic E-state index is 12.9. The van der Waals surface area contributed by atoms with E-state index in [2.05, 4.69) is 28.6 Å². The van der Waals surface area contributed by atoms with Crippen molar-refractivity contribution < 1.29 is 29.4 Å². The van der Waals surface area contributed by atoms with Crippen LogP contribution in [0.1, 0.15) is 32.8 Å². The first-order chi connectivity index (χ1) is 15.5. The molecule has 5 atom stereocenters. The minimum absolute atomic E-state index is 0.0429. The number of hydrogen-bond acceptors (Lipinski definition) is 7. The van der Waals surface area contributed by atoms with E-state index in [4.69, 9.17) is 10.8 Å². The van der Waals surface area contributed by atoms with Crippen molar-refractivity contribution in [2.75, 3.05) is 5.75 Å². The molecule has 0 saturated heterocycles. The maximum Gasteiger partial charge on any atom is 0.328 e. The Labute approximate surface area is 199 Å². The summed E-state index contributed by atoms with van der Waals surface area (Å²) in [6, 6.07) is 4.67. The first-order valence-corrected chi connectivity index (χ1v) is 11.3. The summed E-state index contributed by atoms with van der Waals surface area (Å²) in [7, 11) is 0. The van der Waals surface area contributed by atoms with Crippen molar-refractivity contribution in [2.45, 2.75) is 63.9 Å². The van der Waals surface area contributed by atoms with E-state index >= 15 is 0 Å². The molecule has 0 radical (unpaired) electrons. The molecule has 0 heterocycles. The summed E-state index contributed by atoms with van der Waals surface area (Å²) in [4.78, 5) is 49.2. The fourth-order valence-electron chi connectivity index (χ4n) is 3.05. The summed E-state index contributed by atoms with van der Waals surface area (Å²) in [5.41, 5.74) is 6.89. The third kappa shape index (κ3) is 9.80. The van der Waals surface area contributed by atoms with Crippen molar-refractivity contribution in [1.29, 1.82) is 0 Å². The topological polar surface area (TPSA) is 171 Å². The Balaban J connectivity index is 2.84. The predicted octanol–water partition coefficient (Wildman–Crippen LogP) is -0.548. The second-order valence-corrected chi connectivity index (χ2v) is 8.66. The molecule has 0 aliphatic heterocycles. The van der Waals surface area contributed by atoms with Gasteiger partial charge in [0.05, 0.1) is 12.1 Å². The number of carbonyl (C=O) groups is 4. The molecule has 1 aromatic rings. The molecule has 0 saturated carbocycles. The lowest BCUT2D eigenvalue weighted by Crippen LogP contribution is -2.59. The van der Waals surface area contributed by atoms with Gasteiger partial charge in [-0.15, -0.1) is 0 Å². The monoisotopic (exact) mass is 482 g/mol. The number of benzene rings is 1. The molecule has 33 heavy (non-hydrogen) atoms. The first kappa shape index (κ1) is 28.4. The van der Waals surface area contributed by atoms with Gasteiger partial charge in [-0.1, -0.05) is 44.2 Å². The quantitative estimate of drug-likeness (QED) is 0.185. The Morgan fingerprint density at radius 2 is 1.48 bits per heavy atom. The van der Waals surface area contributed by atoms with Crippen LogP contribution in [-0.4, -0.2) is 69.9 Å². The van der Waals surface area contributed by atoms with Gasteiger partial charge in [0.15, 0.2) is 6.04 Å². The Hall–Kier alpha value is -2.63. The number of aliphatic hydroxyl groups is 1. The zero-order valence-corrected chi connectivity index (χ0v) is 19.9. The van der Waals surface area contributed by atoms with Crippen LogP contribution in [0.5, 0.6) is 0 Å². The Kier molecular flexibility index (Phi) is 11.9. The maximum atomic E-state index is 12.9. The molecule has 10 nitrogen and oxygen atoms in total. The molecule has 0 bridgehead atoms. The number of aliphatic carboxylic acids is 1. The van der Waals surface area contributed by atoms with E-state index in [-0.39, 0.29) is 11.7 Å². The van der Waals surface area contributed by atoms with Gasteiger partial charge in [0.1, 0.15) is 12.1 Å². The normalized spacial score (nSPS) is 15.6. The van der Waals surface area contributed by atoms with Gasteiger partial charge in [0, 0.05) is 5.75 Å². The molecule has 0 aromatic heterocycles. The zero-order valence-electron chi connectivity index (χ0n) is 19.0. The van der Waals surface area contributed by atoms with Crippen LogP contribution in [0.15, 0.2) is 30.3 Å². The number of carboxylic acid groups (broad SMARTS) is 1. The van der Waals surface area contributed by atoms with Gasteiger partial charge in [-0.25, -0.2) is 4.79 Å². The van der Waals surface area contributed by atoms with E-state index in [9.17, 15) is 24.3 Å². The summed E-state index contributed by atoms with van der Waals surface area (Å²) in [5, 5.41) is 26.0. The minimum Gasteiger partial charge on any atom is -0.480 e. The summed E-state index contributed by atoms with van der Waals surface area (Å²) < 4.78 is 0. The molecule has 3 amide bonds. The van der Waals surface area contributed by atoms with E-state index in [1.165, 1.54) is 6.92 Å². The van der Waals surface area contributed by atoms with Gasteiger partial charge in [0.2, 0.25) is 17.7 Å². The van der Waals surface area contributed by atoms with Gasteiger partial charge >= 0.3 is 5.97 Å². The van der Waals surface area contributed by atoms with Crippen LogP contribution in [0.25, 0.3) is 0 Å². The number of nitrogens with two attached hydrogens (primary N) is 1. The van der Waals surface area contributed by atoms with Gasteiger partial charge in [-0.3, -0.25) is 14.4 Å². The largest absolute Gasteiger partial charge is 0.480 e. The average molecular weight is 483 g/mol. The molecule has 0 fully saturated rings. The second-order valence-electron chi connectivity index (χ2n) is 8.30. The third-order valence-electron chi connectivity index (χ3n) is 4.84. The van der Waals surface area contributed by atoms with Crippen molar-refractivity contribution >= 4 is 36.3 Å². The van der Waals surface area contributed by atoms with Crippen LogP contribution in [0, 0.1) is 5.92 Å². The lowest BCUT2D eigenvalue weighted by atomic mass is 10.0. The summed E-state index contributed by atoms with van der Waals surface area (Å²) in [5.74, 6) is -3.45. The smallest absolute Gasteiger partial charge is 0.328 e. The van der Waals surface area contributed by atoms with Crippen molar-refractivity contribution in [3.8, 4) is 0 Å². The van der Waals surface area contributed by atoms with E-state index in [0.717, 1.165) is 5.56 Å². The van der Waals surface area contributed by atoms with Crippen molar-refractivity contribution in [3.05, 3.63) is 35.9 Å². The van der Waals surface area contributed by atoms with Crippen molar-refractivity contribution in [2.24, 2.45) is 11.7 Å². The molecule has 0 aliphatic carbocycles.